The van der Waals surface area contributed by atoms with E-state index in [1.54, 1.807) is 19.9 Å². The summed E-state index contributed by atoms with van der Waals surface area (Å²) in [7, 11) is 0. The lowest BCUT2D eigenvalue weighted by atomic mass is 9.95. The van der Waals surface area contributed by atoms with Crippen molar-refractivity contribution in [2.45, 2.75) is 40.0 Å². The van der Waals surface area contributed by atoms with Crippen LogP contribution in [-0.4, -0.2) is 37.3 Å². The van der Waals surface area contributed by atoms with Crippen LogP contribution in [0.15, 0.2) is 48.5 Å². The van der Waals surface area contributed by atoms with E-state index < -0.39 is 5.41 Å². The number of piperidine rings is 1. The van der Waals surface area contributed by atoms with Crippen molar-refractivity contribution in [1.29, 1.82) is 0 Å². The Bertz CT molecular complexity index is 922. The Morgan fingerprint density at radius 3 is 2.44 bits per heavy atom. The molecule has 2 amide bonds. The predicted molar refractivity (Wildman–Crippen MR) is 133 cm³/mol. The molecule has 0 saturated carbocycles. The maximum Gasteiger partial charge on any atom is 0.253 e. The molecule has 2 N–H and O–H groups in total. The number of carbonyl (C=O) groups excluding carboxylic acids is 2. The van der Waals surface area contributed by atoms with Crippen molar-refractivity contribution in [3.63, 3.8) is 0 Å². The Morgan fingerprint density at radius 1 is 1.09 bits per heavy atom. The number of rotatable bonds is 8. The second kappa shape index (κ2) is 10.9. The Kier molecular flexibility index (Phi) is 8.19. The van der Waals surface area contributed by atoms with Crippen LogP contribution >= 0.6 is 11.6 Å². The average molecular weight is 456 g/mol. The lowest BCUT2D eigenvalue weighted by Crippen LogP contribution is -2.36. The monoisotopic (exact) mass is 455 g/mol. The third-order valence-electron chi connectivity index (χ3n) is 6.11. The van der Waals surface area contributed by atoms with Gasteiger partial charge in [0.25, 0.3) is 5.91 Å². The molecule has 1 heterocycles. The van der Waals surface area contributed by atoms with E-state index in [9.17, 15) is 9.59 Å². The van der Waals surface area contributed by atoms with E-state index in [-0.39, 0.29) is 17.7 Å². The molecule has 6 heteroatoms. The van der Waals surface area contributed by atoms with Gasteiger partial charge in [-0.2, -0.15) is 0 Å². The van der Waals surface area contributed by atoms with E-state index in [0.29, 0.717) is 23.7 Å². The van der Waals surface area contributed by atoms with Crippen LogP contribution in [-0.2, 0) is 11.2 Å². The molecule has 2 aromatic carbocycles. The summed E-state index contributed by atoms with van der Waals surface area (Å²) in [6.07, 6.45) is 2.98. The van der Waals surface area contributed by atoms with Gasteiger partial charge in [0.2, 0.25) is 5.91 Å². The fourth-order valence-corrected chi connectivity index (χ4v) is 3.86. The molecule has 2 aromatic rings. The molecule has 1 aliphatic rings. The SMILES string of the molecule is CC1CCN(c2ccc(NC(=O)C(C)(C)CCl)cc2C(=O)NCCc2ccccc2)CC1. The highest BCUT2D eigenvalue weighted by atomic mass is 35.5. The van der Waals surface area contributed by atoms with E-state index in [4.69, 9.17) is 11.6 Å². The summed E-state index contributed by atoms with van der Waals surface area (Å²) in [6.45, 7) is 8.28. The van der Waals surface area contributed by atoms with Gasteiger partial charge < -0.3 is 15.5 Å². The van der Waals surface area contributed by atoms with Crippen molar-refractivity contribution in [3.8, 4) is 0 Å². The molecule has 0 unspecified atom stereocenters. The minimum atomic E-state index is -0.693. The largest absolute Gasteiger partial charge is 0.371 e. The van der Waals surface area contributed by atoms with Crippen LogP contribution in [0.4, 0.5) is 11.4 Å². The maximum atomic E-state index is 13.2. The topological polar surface area (TPSA) is 61.4 Å². The number of hydrogen-bond acceptors (Lipinski definition) is 3. The van der Waals surface area contributed by atoms with Gasteiger partial charge in [-0.1, -0.05) is 37.3 Å². The second-order valence-electron chi connectivity index (χ2n) is 9.36. The number of nitrogens with one attached hydrogen (secondary N) is 2. The van der Waals surface area contributed by atoms with Crippen molar-refractivity contribution in [2.75, 3.05) is 35.7 Å². The van der Waals surface area contributed by atoms with Crippen LogP contribution in [0.25, 0.3) is 0 Å². The molecule has 32 heavy (non-hydrogen) atoms. The van der Waals surface area contributed by atoms with Crippen LogP contribution < -0.4 is 15.5 Å². The van der Waals surface area contributed by atoms with Crippen molar-refractivity contribution >= 4 is 34.8 Å². The molecule has 0 atom stereocenters. The number of nitrogens with zero attached hydrogens (tertiary/aromatic N) is 1. The number of halogens is 1. The van der Waals surface area contributed by atoms with Crippen molar-refractivity contribution in [2.24, 2.45) is 11.3 Å². The highest BCUT2D eigenvalue weighted by Gasteiger charge is 2.27. The van der Waals surface area contributed by atoms with Crippen molar-refractivity contribution < 1.29 is 9.59 Å². The Labute approximate surface area is 196 Å². The highest BCUT2D eigenvalue weighted by molar-refractivity contribution is 6.20. The minimum absolute atomic E-state index is 0.123. The van der Waals surface area contributed by atoms with E-state index >= 15 is 0 Å². The molecule has 5 nitrogen and oxygen atoms in total. The number of amides is 2. The number of alkyl halides is 1. The Hall–Kier alpha value is -2.53. The first-order valence-corrected chi connectivity index (χ1v) is 11.9. The first kappa shape index (κ1) is 24.1. The van der Waals surface area contributed by atoms with Gasteiger partial charge in [0.05, 0.1) is 11.0 Å². The standard InChI is InChI=1S/C26H34ClN3O2/c1-19-12-15-30(16-13-19)23-10-9-21(29-25(32)26(2,3)18-27)17-22(23)24(31)28-14-11-20-7-5-4-6-8-20/h4-10,17,19H,11-16,18H2,1-3H3,(H,28,31)(H,29,32). The van der Waals surface area contributed by atoms with Crippen LogP contribution in [0.2, 0.25) is 0 Å². The number of hydrogen-bond donors (Lipinski definition) is 2. The molecule has 172 valence electrons. The van der Waals surface area contributed by atoms with Crippen LogP contribution in [0.3, 0.4) is 0 Å². The van der Waals surface area contributed by atoms with Gasteiger partial charge >= 0.3 is 0 Å². The van der Waals surface area contributed by atoms with Crippen molar-refractivity contribution in [3.05, 3.63) is 59.7 Å². The summed E-state index contributed by atoms with van der Waals surface area (Å²) in [5.41, 5.74) is 2.61. The van der Waals surface area contributed by atoms with Gasteiger partial charge in [-0.3, -0.25) is 9.59 Å². The molecule has 0 bridgehead atoms. The fourth-order valence-electron chi connectivity index (χ4n) is 3.74. The average Bonchev–Trinajstić information content (AvgIpc) is 2.80. The molecule has 0 radical (unpaired) electrons. The number of benzene rings is 2. The zero-order valence-electron chi connectivity index (χ0n) is 19.3. The quantitative estimate of drug-likeness (QED) is 0.544. The minimum Gasteiger partial charge on any atom is -0.371 e. The summed E-state index contributed by atoms with van der Waals surface area (Å²) in [5.74, 6) is 0.630. The zero-order chi connectivity index (χ0) is 23.1. The molecular weight excluding hydrogens is 422 g/mol. The van der Waals surface area contributed by atoms with Crippen molar-refractivity contribution in [1.82, 2.24) is 5.32 Å². The molecule has 0 spiro atoms. The Balaban J connectivity index is 1.78. The summed E-state index contributed by atoms with van der Waals surface area (Å²) < 4.78 is 0. The van der Waals surface area contributed by atoms with Gasteiger partial charge in [0, 0.05) is 36.9 Å². The Morgan fingerprint density at radius 2 is 1.78 bits per heavy atom. The van der Waals surface area contributed by atoms with E-state index in [1.807, 2.05) is 30.3 Å². The molecule has 0 aliphatic carbocycles. The van der Waals surface area contributed by atoms with Gasteiger partial charge in [0.1, 0.15) is 0 Å². The summed E-state index contributed by atoms with van der Waals surface area (Å²) in [6, 6.07) is 15.7. The van der Waals surface area contributed by atoms with E-state index in [2.05, 4.69) is 34.6 Å². The molecule has 3 rings (SSSR count). The van der Waals surface area contributed by atoms with Crippen LogP contribution in [0, 0.1) is 11.3 Å². The summed E-state index contributed by atoms with van der Waals surface area (Å²) in [5, 5.41) is 5.98. The lowest BCUT2D eigenvalue weighted by Gasteiger charge is -2.33. The first-order chi connectivity index (χ1) is 15.3. The number of anilines is 2. The predicted octanol–water partition coefficient (Wildman–Crippen LogP) is 5.10. The third kappa shape index (κ3) is 6.26. The molecule has 0 aromatic heterocycles. The number of carbonyl (C=O) groups is 2. The fraction of sp³-hybridized carbons (Fsp3) is 0.462. The first-order valence-electron chi connectivity index (χ1n) is 11.4. The van der Waals surface area contributed by atoms with Crippen LogP contribution in [0.1, 0.15) is 49.5 Å². The van der Waals surface area contributed by atoms with Gasteiger partial charge in [0.15, 0.2) is 0 Å². The third-order valence-corrected chi connectivity index (χ3v) is 6.78. The smallest absolute Gasteiger partial charge is 0.253 e. The molecule has 1 saturated heterocycles. The lowest BCUT2D eigenvalue weighted by molar-refractivity contribution is -0.122. The van der Waals surface area contributed by atoms with Gasteiger partial charge in [-0.15, -0.1) is 11.6 Å². The zero-order valence-corrected chi connectivity index (χ0v) is 20.0. The molecule has 1 fully saturated rings. The molecular formula is C26H34ClN3O2. The maximum absolute atomic E-state index is 13.2. The van der Waals surface area contributed by atoms with E-state index in [1.165, 1.54) is 5.56 Å². The molecule has 1 aliphatic heterocycles. The summed E-state index contributed by atoms with van der Waals surface area (Å²) in [4.78, 5) is 28.1. The van der Waals surface area contributed by atoms with Gasteiger partial charge in [-0.25, -0.2) is 0 Å². The van der Waals surface area contributed by atoms with Gasteiger partial charge in [-0.05, 0) is 62.8 Å². The normalized spacial score (nSPS) is 14.8. The highest BCUT2D eigenvalue weighted by Crippen LogP contribution is 2.29. The summed E-state index contributed by atoms with van der Waals surface area (Å²) >= 11 is 5.95. The van der Waals surface area contributed by atoms with E-state index in [0.717, 1.165) is 38.0 Å². The second-order valence-corrected chi connectivity index (χ2v) is 9.63. The van der Waals surface area contributed by atoms with Crippen LogP contribution in [0.5, 0.6) is 0 Å².